The molecule has 0 saturated heterocycles. The highest BCUT2D eigenvalue weighted by molar-refractivity contribution is 6.03. The normalized spacial score (nSPS) is 10.2. The van der Waals surface area contributed by atoms with Gasteiger partial charge in [-0.1, -0.05) is 12.1 Å². The summed E-state index contributed by atoms with van der Waals surface area (Å²) in [6.45, 7) is 1.38. The summed E-state index contributed by atoms with van der Waals surface area (Å²) in [6, 6.07) is 7.25. The van der Waals surface area contributed by atoms with Gasteiger partial charge in [-0.25, -0.2) is 0 Å². The molecule has 98 valence electrons. The average molecular weight is 258 g/mol. The molecule has 0 aliphatic carbocycles. The summed E-state index contributed by atoms with van der Waals surface area (Å²) in [7, 11) is 1.84. The summed E-state index contributed by atoms with van der Waals surface area (Å²) in [6.07, 6.45) is 1.49. The summed E-state index contributed by atoms with van der Waals surface area (Å²) in [5.41, 5.74) is 1.48. The molecule has 0 radical (unpaired) electrons. The summed E-state index contributed by atoms with van der Waals surface area (Å²) in [5.74, 6) is 0.229. The van der Waals surface area contributed by atoms with Gasteiger partial charge < -0.3 is 9.88 Å². The molecular weight excluding hydrogens is 244 g/mol. The Morgan fingerprint density at radius 2 is 2.16 bits per heavy atom. The Labute approximate surface area is 110 Å². The van der Waals surface area contributed by atoms with Crippen LogP contribution >= 0.6 is 0 Å². The van der Waals surface area contributed by atoms with Gasteiger partial charge in [0.2, 0.25) is 5.91 Å². The third kappa shape index (κ3) is 3.25. The van der Waals surface area contributed by atoms with Gasteiger partial charge in [0.15, 0.2) is 5.82 Å². The minimum Gasteiger partial charge on any atom is -0.326 e. The zero-order valence-corrected chi connectivity index (χ0v) is 10.8. The van der Waals surface area contributed by atoms with E-state index in [1.807, 2.05) is 19.2 Å². The number of hydrogen-bond acceptors (Lipinski definition) is 4. The first-order chi connectivity index (χ1) is 9.06. The van der Waals surface area contributed by atoms with Crippen molar-refractivity contribution in [2.45, 2.75) is 13.3 Å². The van der Waals surface area contributed by atoms with Crippen LogP contribution in [-0.2, 0) is 16.6 Å². The van der Waals surface area contributed by atoms with Crippen molar-refractivity contribution in [2.75, 3.05) is 5.32 Å². The van der Waals surface area contributed by atoms with E-state index in [0.717, 1.165) is 5.56 Å². The standard InChI is InChI=1S/C13H14N4O2/c1-9(18)6-12(19)15-11-5-3-4-10(7-11)13-16-14-8-17(13)2/h3-5,7-8H,6H2,1-2H3,(H,15,19). The molecule has 19 heavy (non-hydrogen) atoms. The molecular formula is C13H14N4O2. The zero-order valence-electron chi connectivity index (χ0n) is 10.8. The van der Waals surface area contributed by atoms with E-state index in [1.165, 1.54) is 6.92 Å². The van der Waals surface area contributed by atoms with Gasteiger partial charge in [-0.3, -0.25) is 9.59 Å². The lowest BCUT2D eigenvalue weighted by molar-refractivity contribution is -0.124. The Hall–Kier alpha value is -2.50. The van der Waals surface area contributed by atoms with Crippen LogP contribution in [0.25, 0.3) is 11.4 Å². The largest absolute Gasteiger partial charge is 0.326 e. The maximum Gasteiger partial charge on any atom is 0.231 e. The van der Waals surface area contributed by atoms with Gasteiger partial charge in [-0.15, -0.1) is 10.2 Å². The summed E-state index contributed by atoms with van der Waals surface area (Å²) >= 11 is 0. The Morgan fingerprint density at radius 3 is 2.79 bits per heavy atom. The molecule has 6 nitrogen and oxygen atoms in total. The molecule has 0 unspecified atom stereocenters. The molecule has 1 N–H and O–H groups in total. The molecule has 0 atom stereocenters. The van der Waals surface area contributed by atoms with Gasteiger partial charge >= 0.3 is 0 Å². The Bertz CT molecular complexity index is 619. The van der Waals surface area contributed by atoms with E-state index in [0.29, 0.717) is 11.5 Å². The molecule has 0 fully saturated rings. The number of carbonyl (C=O) groups is 2. The quantitative estimate of drug-likeness (QED) is 0.841. The number of aryl methyl sites for hydroxylation is 1. The smallest absolute Gasteiger partial charge is 0.231 e. The summed E-state index contributed by atoms with van der Waals surface area (Å²) in [4.78, 5) is 22.4. The highest BCUT2D eigenvalue weighted by atomic mass is 16.2. The van der Waals surface area contributed by atoms with Crippen molar-refractivity contribution >= 4 is 17.4 Å². The zero-order chi connectivity index (χ0) is 13.8. The van der Waals surface area contributed by atoms with Crippen molar-refractivity contribution in [1.82, 2.24) is 14.8 Å². The third-order valence-electron chi connectivity index (χ3n) is 2.53. The molecule has 0 spiro atoms. The van der Waals surface area contributed by atoms with E-state index in [9.17, 15) is 9.59 Å². The second kappa shape index (κ2) is 5.43. The molecule has 0 saturated carbocycles. The maximum absolute atomic E-state index is 11.5. The Morgan fingerprint density at radius 1 is 1.37 bits per heavy atom. The number of ketones is 1. The summed E-state index contributed by atoms with van der Waals surface area (Å²) < 4.78 is 1.79. The van der Waals surface area contributed by atoms with Gasteiger partial charge in [0.25, 0.3) is 0 Å². The van der Waals surface area contributed by atoms with Crippen LogP contribution in [0.15, 0.2) is 30.6 Å². The molecule has 0 aliphatic rings. The van der Waals surface area contributed by atoms with Crippen LogP contribution in [0.5, 0.6) is 0 Å². The van der Waals surface area contributed by atoms with E-state index in [-0.39, 0.29) is 18.1 Å². The molecule has 2 rings (SSSR count). The molecule has 0 bridgehead atoms. The van der Waals surface area contributed by atoms with Crippen LogP contribution in [0.3, 0.4) is 0 Å². The molecule has 2 aromatic rings. The van der Waals surface area contributed by atoms with Crippen LogP contribution in [0.1, 0.15) is 13.3 Å². The van der Waals surface area contributed by atoms with E-state index in [4.69, 9.17) is 0 Å². The highest BCUT2D eigenvalue weighted by Gasteiger charge is 2.08. The number of rotatable bonds is 4. The monoisotopic (exact) mass is 258 g/mol. The number of Topliss-reactive ketones (excluding diaryl/α,β-unsaturated/α-hetero) is 1. The fourth-order valence-electron chi connectivity index (χ4n) is 1.71. The van der Waals surface area contributed by atoms with Crippen molar-refractivity contribution in [3.8, 4) is 11.4 Å². The topological polar surface area (TPSA) is 76.9 Å². The molecule has 1 aromatic carbocycles. The first kappa shape index (κ1) is 12.9. The van der Waals surface area contributed by atoms with E-state index in [2.05, 4.69) is 15.5 Å². The van der Waals surface area contributed by atoms with Crippen molar-refractivity contribution < 1.29 is 9.59 Å². The third-order valence-corrected chi connectivity index (χ3v) is 2.53. The van der Waals surface area contributed by atoms with Gasteiger partial charge in [0.1, 0.15) is 12.1 Å². The molecule has 1 amide bonds. The molecule has 0 aliphatic heterocycles. The number of nitrogens with zero attached hydrogens (tertiary/aromatic N) is 3. The van der Waals surface area contributed by atoms with Crippen LogP contribution in [0.2, 0.25) is 0 Å². The molecule has 1 aromatic heterocycles. The second-order valence-corrected chi connectivity index (χ2v) is 4.27. The van der Waals surface area contributed by atoms with Crippen molar-refractivity contribution in [2.24, 2.45) is 7.05 Å². The predicted molar refractivity (Wildman–Crippen MR) is 70.4 cm³/mol. The molecule has 6 heteroatoms. The lowest BCUT2D eigenvalue weighted by atomic mass is 10.2. The fraction of sp³-hybridized carbons (Fsp3) is 0.231. The minimum atomic E-state index is -0.317. The second-order valence-electron chi connectivity index (χ2n) is 4.27. The van der Waals surface area contributed by atoms with Gasteiger partial charge in [0, 0.05) is 18.3 Å². The van der Waals surface area contributed by atoms with E-state index >= 15 is 0 Å². The lowest BCUT2D eigenvalue weighted by Crippen LogP contribution is -2.14. The number of benzene rings is 1. The SMILES string of the molecule is CC(=O)CC(=O)Nc1cccc(-c2nncn2C)c1. The first-order valence-electron chi connectivity index (χ1n) is 5.80. The van der Waals surface area contributed by atoms with Crippen LogP contribution < -0.4 is 5.32 Å². The summed E-state index contributed by atoms with van der Waals surface area (Å²) in [5, 5.41) is 10.5. The van der Waals surface area contributed by atoms with Crippen LogP contribution in [-0.4, -0.2) is 26.5 Å². The minimum absolute atomic E-state index is 0.117. The van der Waals surface area contributed by atoms with Gasteiger partial charge in [-0.2, -0.15) is 0 Å². The predicted octanol–water partition coefficient (Wildman–Crippen LogP) is 1.40. The lowest BCUT2D eigenvalue weighted by Gasteiger charge is -2.06. The van der Waals surface area contributed by atoms with E-state index in [1.54, 1.807) is 23.0 Å². The van der Waals surface area contributed by atoms with Crippen molar-refractivity contribution in [1.29, 1.82) is 0 Å². The number of hydrogen-bond donors (Lipinski definition) is 1. The fourth-order valence-corrected chi connectivity index (χ4v) is 1.71. The average Bonchev–Trinajstić information content (AvgIpc) is 2.74. The highest BCUT2D eigenvalue weighted by Crippen LogP contribution is 2.20. The Balaban J connectivity index is 2.18. The number of nitrogens with one attached hydrogen (secondary N) is 1. The number of carbonyl (C=O) groups excluding carboxylic acids is 2. The number of anilines is 1. The molecule has 1 heterocycles. The van der Waals surface area contributed by atoms with Gasteiger partial charge in [-0.05, 0) is 19.1 Å². The number of aromatic nitrogens is 3. The van der Waals surface area contributed by atoms with E-state index < -0.39 is 0 Å². The van der Waals surface area contributed by atoms with Gasteiger partial charge in [0.05, 0.1) is 6.42 Å². The van der Waals surface area contributed by atoms with Crippen molar-refractivity contribution in [3.63, 3.8) is 0 Å². The van der Waals surface area contributed by atoms with Crippen molar-refractivity contribution in [3.05, 3.63) is 30.6 Å². The van der Waals surface area contributed by atoms with Crippen LogP contribution in [0.4, 0.5) is 5.69 Å². The van der Waals surface area contributed by atoms with Crippen LogP contribution in [0, 0.1) is 0 Å². The maximum atomic E-state index is 11.5. The number of amides is 1. The first-order valence-corrected chi connectivity index (χ1v) is 5.80. The Kier molecular flexibility index (Phi) is 3.70.